The maximum absolute atomic E-state index is 10.6. The number of hydrogen-bond donors (Lipinski definition) is 1. The first kappa shape index (κ1) is 8.18. The van der Waals surface area contributed by atoms with E-state index in [2.05, 4.69) is 4.98 Å². The summed E-state index contributed by atoms with van der Waals surface area (Å²) in [5.74, 6) is -1.29. The molecule has 1 rings (SSSR count). The highest BCUT2D eigenvalue weighted by Gasteiger charge is 2.22. The molecule has 0 aliphatic heterocycles. The summed E-state index contributed by atoms with van der Waals surface area (Å²) in [5, 5.41) is 10.3. The van der Waals surface area contributed by atoms with Gasteiger partial charge in [0.1, 0.15) is 0 Å². The molecule has 1 amide bonds. The third kappa shape index (κ3) is 1.11. The molecule has 12 heavy (non-hydrogen) atoms. The van der Waals surface area contributed by atoms with Crippen molar-refractivity contribution >= 4 is 11.7 Å². The minimum atomic E-state index is -0.901. The van der Waals surface area contributed by atoms with E-state index < -0.39 is 10.8 Å². The molecule has 0 fully saturated rings. The Kier molecular flexibility index (Phi) is 1.78. The van der Waals surface area contributed by atoms with Crippen LogP contribution in [-0.4, -0.2) is 20.4 Å². The third-order valence-corrected chi connectivity index (χ3v) is 1.31. The Morgan fingerprint density at radius 1 is 1.83 bits per heavy atom. The minimum Gasteiger partial charge on any atom is -0.364 e. The van der Waals surface area contributed by atoms with Crippen LogP contribution in [0.5, 0.6) is 0 Å². The van der Waals surface area contributed by atoms with Gasteiger partial charge in [-0.25, -0.2) is 9.55 Å². The summed E-state index contributed by atoms with van der Waals surface area (Å²) in [6.45, 7) is 0. The molecule has 1 heterocycles. The smallest absolute Gasteiger partial charge is 0.355 e. The highest BCUT2D eigenvalue weighted by molar-refractivity contribution is 5.94. The number of aryl methyl sites for hydroxylation is 1. The number of aromatic nitrogens is 2. The number of primary amides is 1. The average Bonchev–Trinajstić information content (AvgIpc) is 2.30. The maximum atomic E-state index is 10.6. The molecule has 0 bridgehead atoms. The quantitative estimate of drug-likeness (QED) is 0.473. The van der Waals surface area contributed by atoms with Crippen molar-refractivity contribution in [2.24, 2.45) is 12.8 Å². The molecule has 0 radical (unpaired) electrons. The van der Waals surface area contributed by atoms with Crippen LogP contribution in [0.1, 0.15) is 10.5 Å². The van der Waals surface area contributed by atoms with E-state index in [0.29, 0.717) is 0 Å². The van der Waals surface area contributed by atoms with E-state index in [4.69, 9.17) is 5.73 Å². The highest BCUT2D eigenvalue weighted by atomic mass is 16.6. The highest BCUT2D eigenvalue weighted by Crippen LogP contribution is 2.14. The Labute approximate surface area is 67.0 Å². The third-order valence-electron chi connectivity index (χ3n) is 1.31. The molecule has 0 saturated heterocycles. The van der Waals surface area contributed by atoms with E-state index in [0.717, 1.165) is 10.9 Å². The Balaban J connectivity index is 3.31. The number of imidazole rings is 1. The zero-order chi connectivity index (χ0) is 9.30. The molecular weight excluding hydrogens is 164 g/mol. The Hall–Kier alpha value is -1.92. The van der Waals surface area contributed by atoms with Crippen LogP contribution in [0.15, 0.2) is 6.33 Å². The van der Waals surface area contributed by atoms with Crippen LogP contribution in [0.4, 0.5) is 5.82 Å². The lowest BCUT2D eigenvalue weighted by atomic mass is 10.4. The van der Waals surface area contributed by atoms with Gasteiger partial charge in [0.05, 0.1) is 7.05 Å². The van der Waals surface area contributed by atoms with Crippen LogP contribution in [0.25, 0.3) is 0 Å². The molecule has 7 heteroatoms. The van der Waals surface area contributed by atoms with E-state index in [1.807, 2.05) is 0 Å². The molecule has 0 atom stereocenters. The summed E-state index contributed by atoms with van der Waals surface area (Å²) in [5.41, 5.74) is 4.53. The topological polar surface area (TPSA) is 104 Å². The van der Waals surface area contributed by atoms with Crippen molar-refractivity contribution in [1.29, 1.82) is 0 Å². The number of rotatable bonds is 2. The normalized spacial score (nSPS) is 9.75. The van der Waals surface area contributed by atoms with Crippen LogP contribution in [-0.2, 0) is 7.05 Å². The number of nitrogens with zero attached hydrogens (tertiary/aromatic N) is 3. The fourth-order valence-electron chi connectivity index (χ4n) is 0.813. The first-order chi connectivity index (χ1) is 5.54. The SMILES string of the molecule is Cn1cnc(C(N)=O)c1[N+](=O)[O-]. The van der Waals surface area contributed by atoms with Crippen molar-refractivity contribution in [3.8, 4) is 0 Å². The number of hydrogen-bond acceptors (Lipinski definition) is 4. The fourth-order valence-corrected chi connectivity index (χ4v) is 0.813. The fraction of sp³-hybridized carbons (Fsp3) is 0.200. The minimum absolute atomic E-state index is 0.317. The summed E-state index contributed by atoms with van der Waals surface area (Å²) in [6.07, 6.45) is 1.16. The lowest BCUT2D eigenvalue weighted by molar-refractivity contribution is -0.392. The van der Waals surface area contributed by atoms with Crippen LogP contribution in [0, 0.1) is 10.1 Å². The Morgan fingerprint density at radius 3 is 2.75 bits per heavy atom. The summed E-state index contributed by atoms with van der Waals surface area (Å²) in [7, 11) is 1.41. The molecule has 0 saturated carbocycles. The monoisotopic (exact) mass is 170 g/mol. The second kappa shape index (κ2) is 2.61. The molecule has 1 aromatic rings. The van der Waals surface area contributed by atoms with Gasteiger partial charge >= 0.3 is 5.82 Å². The number of nitrogens with two attached hydrogens (primary N) is 1. The standard InChI is InChI=1S/C5H6N4O3/c1-8-2-7-3(4(6)10)5(8)9(11)12/h2H,1H3,(H2,6,10). The van der Waals surface area contributed by atoms with Crippen LogP contribution < -0.4 is 5.73 Å². The van der Waals surface area contributed by atoms with E-state index in [-0.39, 0.29) is 11.5 Å². The van der Waals surface area contributed by atoms with Crippen molar-refractivity contribution in [2.45, 2.75) is 0 Å². The van der Waals surface area contributed by atoms with E-state index in [1.165, 1.54) is 7.05 Å². The van der Waals surface area contributed by atoms with Gasteiger partial charge in [-0.05, 0) is 4.92 Å². The summed E-state index contributed by atoms with van der Waals surface area (Å²) in [4.78, 5) is 23.7. The largest absolute Gasteiger partial charge is 0.364 e. The lowest BCUT2D eigenvalue weighted by Gasteiger charge is -1.94. The maximum Gasteiger partial charge on any atom is 0.355 e. The predicted molar refractivity (Wildman–Crippen MR) is 38.4 cm³/mol. The van der Waals surface area contributed by atoms with Gasteiger partial charge in [-0.2, -0.15) is 0 Å². The van der Waals surface area contributed by atoms with E-state index >= 15 is 0 Å². The molecule has 0 aliphatic carbocycles. The van der Waals surface area contributed by atoms with E-state index in [1.54, 1.807) is 0 Å². The molecule has 1 aromatic heterocycles. The molecule has 2 N–H and O–H groups in total. The zero-order valence-electron chi connectivity index (χ0n) is 6.22. The van der Waals surface area contributed by atoms with Crippen molar-refractivity contribution in [2.75, 3.05) is 0 Å². The Morgan fingerprint density at radius 2 is 2.42 bits per heavy atom. The van der Waals surface area contributed by atoms with Crippen molar-refractivity contribution in [1.82, 2.24) is 9.55 Å². The van der Waals surface area contributed by atoms with Gasteiger partial charge in [0.2, 0.25) is 5.69 Å². The average molecular weight is 170 g/mol. The molecule has 0 unspecified atom stereocenters. The van der Waals surface area contributed by atoms with Crippen molar-refractivity contribution in [3.63, 3.8) is 0 Å². The second-order valence-corrected chi connectivity index (χ2v) is 2.15. The number of carbonyl (C=O) groups is 1. The van der Waals surface area contributed by atoms with Crippen molar-refractivity contribution in [3.05, 3.63) is 22.1 Å². The molecule has 7 nitrogen and oxygen atoms in total. The van der Waals surface area contributed by atoms with Gasteiger partial charge in [-0.1, -0.05) is 0 Å². The van der Waals surface area contributed by atoms with Gasteiger partial charge < -0.3 is 15.8 Å². The predicted octanol–water partition coefficient (Wildman–Crippen LogP) is -0.573. The van der Waals surface area contributed by atoms with Gasteiger partial charge in [0, 0.05) is 0 Å². The number of amides is 1. The number of carbonyl (C=O) groups excluding carboxylic acids is 1. The Bertz CT molecular complexity index is 342. The second-order valence-electron chi connectivity index (χ2n) is 2.15. The molecule has 64 valence electrons. The summed E-state index contributed by atoms with van der Waals surface area (Å²) < 4.78 is 1.13. The molecular formula is C5H6N4O3. The molecule has 0 spiro atoms. The van der Waals surface area contributed by atoms with Gasteiger partial charge in [-0.3, -0.25) is 4.79 Å². The van der Waals surface area contributed by atoms with Crippen LogP contribution >= 0.6 is 0 Å². The van der Waals surface area contributed by atoms with Gasteiger partial charge in [-0.15, -0.1) is 0 Å². The van der Waals surface area contributed by atoms with Gasteiger partial charge in [0.25, 0.3) is 5.91 Å². The first-order valence-electron chi connectivity index (χ1n) is 2.99. The molecule has 0 aliphatic rings. The lowest BCUT2D eigenvalue weighted by Crippen LogP contribution is -2.14. The number of nitro groups is 1. The van der Waals surface area contributed by atoms with Crippen LogP contribution in [0.2, 0.25) is 0 Å². The van der Waals surface area contributed by atoms with Crippen molar-refractivity contribution < 1.29 is 9.72 Å². The zero-order valence-corrected chi connectivity index (χ0v) is 6.22. The van der Waals surface area contributed by atoms with Crippen LogP contribution in [0.3, 0.4) is 0 Å². The summed E-state index contributed by atoms with van der Waals surface area (Å²) >= 11 is 0. The molecule has 0 aromatic carbocycles. The van der Waals surface area contributed by atoms with Gasteiger partial charge in [0.15, 0.2) is 6.33 Å². The summed E-state index contributed by atoms with van der Waals surface area (Å²) in [6, 6.07) is 0. The first-order valence-corrected chi connectivity index (χ1v) is 2.99. The van der Waals surface area contributed by atoms with E-state index in [9.17, 15) is 14.9 Å².